The fourth-order valence-corrected chi connectivity index (χ4v) is 1.79. The number of nitrogens with two attached hydrogens (primary N) is 1. The van der Waals surface area contributed by atoms with E-state index in [4.69, 9.17) is 5.73 Å². The van der Waals surface area contributed by atoms with Crippen LogP contribution in [0.15, 0.2) is 42.5 Å². The van der Waals surface area contributed by atoms with Gasteiger partial charge in [-0.05, 0) is 17.7 Å². The lowest BCUT2D eigenvalue weighted by Gasteiger charge is -2.15. The minimum absolute atomic E-state index is 0.114. The Morgan fingerprint density at radius 3 is 2.06 bits per heavy atom. The van der Waals surface area contributed by atoms with Gasteiger partial charge in [-0.2, -0.15) is 13.2 Å². The third kappa shape index (κ3) is 2.16. The van der Waals surface area contributed by atoms with Gasteiger partial charge in [0.1, 0.15) is 5.82 Å². The molecule has 94 valence electrons. The van der Waals surface area contributed by atoms with Gasteiger partial charge in [-0.1, -0.05) is 30.3 Å². The minimum atomic E-state index is -4.62. The summed E-state index contributed by atoms with van der Waals surface area (Å²) in [5, 5.41) is 0. The fourth-order valence-electron chi connectivity index (χ4n) is 1.79. The number of hydrogen-bond donors (Lipinski definition) is 1. The summed E-state index contributed by atoms with van der Waals surface area (Å²) in [5.74, 6) is -0.714. The molecule has 0 fully saturated rings. The van der Waals surface area contributed by atoms with Crippen LogP contribution in [0.1, 0.15) is 5.56 Å². The van der Waals surface area contributed by atoms with Crippen LogP contribution in [0, 0.1) is 5.82 Å². The molecule has 0 amide bonds. The van der Waals surface area contributed by atoms with Crippen LogP contribution in [0.4, 0.5) is 23.2 Å². The van der Waals surface area contributed by atoms with Gasteiger partial charge in [0, 0.05) is 11.3 Å². The van der Waals surface area contributed by atoms with Gasteiger partial charge in [0.05, 0.1) is 5.56 Å². The number of alkyl halides is 3. The van der Waals surface area contributed by atoms with E-state index in [1.807, 2.05) is 0 Å². The minimum Gasteiger partial charge on any atom is -0.398 e. The highest BCUT2D eigenvalue weighted by Gasteiger charge is 2.36. The van der Waals surface area contributed by atoms with E-state index in [1.54, 1.807) is 0 Å². The molecule has 0 aromatic heterocycles. The summed E-state index contributed by atoms with van der Waals surface area (Å²) in [4.78, 5) is 0. The Bertz CT molecular complexity index is 575. The van der Waals surface area contributed by atoms with Crippen LogP contribution < -0.4 is 5.73 Å². The first-order valence-corrected chi connectivity index (χ1v) is 5.12. The van der Waals surface area contributed by atoms with Gasteiger partial charge in [-0.15, -0.1) is 0 Å². The molecule has 2 aromatic rings. The Labute approximate surface area is 101 Å². The number of hydrogen-bond acceptors (Lipinski definition) is 1. The Morgan fingerprint density at radius 1 is 0.833 bits per heavy atom. The SMILES string of the molecule is Nc1cccc(-c2ccccc2F)c1C(F)(F)F. The van der Waals surface area contributed by atoms with Crippen LogP contribution in [0.5, 0.6) is 0 Å². The van der Waals surface area contributed by atoms with E-state index in [0.717, 1.165) is 12.1 Å². The van der Waals surface area contributed by atoms with Crippen molar-refractivity contribution in [3.63, 3.8) is 0 Å². The van der Waals surface area contributed by atoms with Gasteiger partial charge in [-0.25, -0.2) is 4.39 Å². The van der Waals surface area contributed by atoms with Crippen molar-refractivity contribution in [3.8, 4) is 11.1 Å². The smallest absolute Gasteiger partial charge is 0.398 e. The molecule has 0 spiro atoms. The zero-order valence-corrected chi connectivity index (χ0v) is 9.13. The molecule has 0 saturated carbocycles. The van der Waals surface area contributed by atoms with Crippen molar-refractivity contribution in [2.24, 2.45) is 0 Å². The molecule has 0 aliphatic heterocycles. The third-order valence-electron chi connectivity index (χ3n) is 2.54. The van der Waals surface area contributed by atoms with E-state index in [2.05, 4.69) is 0 Å². The van der Waals surface area contributed by atoms with Gasteiger partial charge in [-0.3, -0.25) is 0 Å². The van der Waals surface area contributed by atoms with E-state index in [-0.39, 0.29) is 11.1 Å². The van der Waals surface area contributed by atoms with Crippen molar-refractivity contribution < 1.29 is 17.6 Å². The molecule has 2 N–H and O–H groups in total. The van der Waals surface area contributed by atoms with Crippen molar-refractivity contribution in [2.75, 3.05) is 5.73 Å². The van der Waals surface area contributed by atoms with E-state index in [1.165, 1.54) is 30.3 Å². The monoisotopic (exact) mass is 255 g/mol. The highest BCUT2D eigenvalue weighted by Crippen LogP contribution is 2.41. The summed E-state index contributed by atoms with van der Waals surface area (Å²) in [6.07, 6.45) is -4.62. The van der Waals surface area contributed by atoms with Crippen molar-refractivity contribution in [1.82, 2.24) is 0 Å². The van der Waals surface area contributed by atoms with Crippen molar-refractivity contribution >= 4 is 5.69 Å². The third-order valence-corrected chi connectivity index (χ3v) is 2.54. The lowest BCUT2D eigenvalue weighted by atomic mass is 9.97. The molecule has 0 bridgehead atoms. The maximum absolute atomic E-state index is 13.6. The second-order valence-electron chi connectivity index (χ2n) is 3.75. The van der Waals surface area contributed by atoms with Crippen LogP contribution in [0.2, 0.25) is 0 Å². The van der Waals surface area contributed by atoms with Gasteiger partial charge in [0.15, 0.2) is 0 Å². The normalized spacial score (nSPS) is 11.6. The molecular weight excluding hydrogens is 246 g/mol. The van der Waals surface area contributed by atoms with Crippen LogP contribution >= 0.6 is 0 Å². The Balaban J connectivity index is 2.73. The molecule has 18 heavy (non-hydrogen) atoms. The summed E-state index contributed by atoms with van der Waals surface area (Å²) >= 11 is 0. The quantitative estimate of drug-likeness (QED) is 0.602. The number of rotatable bonds is 1. The van der Waals surface area contributed by atoms with Crippen molar-refractivity contribution in [2.45, 2.75) is 6.18 Å². The Kier molecular flexibility index (Phi) is 2.98. The van der Waals surface area contributed by atoms with E-state index in [9.17, 15) is 17.6 Å². The zero-order valence-electron chi connectivity index (χ0n) is 9.13. The second kappa shape index (κ2) is 4.33. The van der Waals surface area contributed by atoms with E-state index in [0.29, 0.717) is 0 Å². The standard InChI is InChI=1S/C13H9F4N/c14-10-6-2-1-4-8(10)9-5-3-7-11(18)12(9)13(15,16)17/h1-7H,18H2. The van der Waals surface area contributed by atoms with Crippen molar-refractivity contribution in [1.29, 1.82) is 0 Å². The zero-order chi connectivity index (χ0) is 13.3. The van der Waals surface area contributed by atoms with Gasteiger partial charge in [0.25, 0.3) is 0 Å². The average Bonchev–Trinajstić information content (AvgIpc) is 2.27. The molecular formula is C13H9F4N. The number of halogens is 4. The summed E-state index contributed by atoms with van der Waals surface area (Å²) in [7, 11) is 0. The lowest BCUT2D eigenvalue weighted by molar-refractivity contribution is -0.136. The largest absolute Gasteiger partial charge is 0.418 e. The topological polar surface area (TPSA) is 26.0 Å². The molecule has 1 nitrogen and oxygen atoms in total. The Morgan fingerprint density at radius 2 is 1.44 bits per heavy atom. The molecule has 2 rings (SSSR count). The molecule has 2 aromatic carbocycles. The predicted molar refractivity (Wildman–Crippen MR) is 61.3 cm³/mol. The average molecular weight is 255 g/mol. The van der Waals surface area contributed by atoms with Gasteiger partial charge < -0.3 is 5.73 Å². The molecule has 0 radical (unpaired) electrons. The first-order chi connectivity index (χ1) is 8.41. The highest BCUT2D eigenvalue weighted by atomic mass is 19.4. The van der Waals surface area contributed by atoms with E-state index >= 15 is 0 Å². The van der Waals surface area contributed by atoms with E-state index < -0.39 is 23.2 Å². The van der Waals surface area contributed by atoms with Gasteiger partial charge in [0.2, 0.25) is 0 Å². The second-order valence-corrected chi connectivity index (χ2v) is 3.75. The molecule has 0 aliphatic rings. The number of benzene rings is 2. The van der Waals surface area contributed by atoms with Crippen LogP contribution in [-0.4, -0.2) is 0 Å². The lowest BCUT2D eigenvalue weighted by Crippen LogP contribution is -2.11. The maximum Gasteiger partial charge on any atom is 0.418 e. The summed E-state index contributed by atoms with van der Waals surface area (Å²) in [6.45, 7) is 0. The summed E-state index contributed by atoms with van der Waals surface area (Å²) in [5.41, 5.74) is 3.57. The van der Waals surface area contributed by atoms with Crippen LogP contribution in [0.25, 0.3) is 11.1 Å². The highest BCUT2D eigenvalue weighted by molar-refractivity contribution is 5.74. The molecule has 0 heterocycles. The fraction of sp³-hybridized carbons (Fsp3) is 0.0769. The predicted octanol–water partition coefficient (Wildman–Crippen LogP) is 4.09. The first kappa shape index (κ1) is 12.4. The van der Waals surface area contributed by atoms with Gasteiger partial charge >= 0.3 is 6.18 Å². The molecule has 0 saturated heterocycles. The first-order valence-electron chi connectivity index (χ1n) is 5.12. The summed E-state index contributed by atoms with van der Waals surface area (Å²) in [6, 6.07) is 9.01. The molecule has 0 aliphatic carbocycles. The maximum atomic E-state index is 13.6. The van der Waals surface area contributed by atoms with Crippen LogP contribution in [-0.2, 0) is 6.18 Å². The van der Waals surface area contributed by atoms with Crippen molar-refractivity contribution in [3.05, 3.63) is 53.8 Å². The number of nitrogen functional groups attached to an aromatic ring is 1. The summed E-state index contributed by atoms with van der Waals surface area (Å²) < 4.78 is 52.3. The van der Waals surface area contributed by atoms with Crippen LogP contribution in [0.3, 0.4) is 0 Å². The number of anilines is 1. The molecule has 5 heteroatoms. The molecule has 0 unspecified atom stereocenters. The Hall–Kier alpha value is -2.04. The molecule has 0 atom stereocenters.